The van der Waals surface area contributed by atoms with Crippen LogP contribution in [0.2, 0.25) is 0 Å². The summed E-state index contributed by atoms with van der Waals surface area (Å²) in [7, 11) is 0. The monoisotopic (exact) mass is 307 g/mol. The molecule has 0 saturated carbocycles. The number of unbranched alkanes of at least 4 members (excludes halogenated alkanes) is 1. The summed E-state index contributed by atoms with van der Waals surface area (Å²) in [5.74, 6) is 0.826. The summed E-state index contributed by atoms with van der Waals surface area (Å²) in [5, 5.41) is 5.45. The average Bonchev–Trinajstić information content (AvgIpc) is 2.47. The molecule has 6 nitrogen and oxygen atoms in total. The number of hydrogen-bond acceptors (Lipinski definition) is 3. The molecule has 0 spiro atoms. The summed E-state index contributed by atoms with van der Waals surface area (Å²) < 4.78 is 5.39. The van der Waals surface area contributed by atoms with Crippen molar-refractivity contribution in [3.8, 4) is 5.75 Å². The first kappa shape index (κ1) is 17.8. The van der Waals surface area contributed by atoms with Crippen molar-refractivity contribution in [2.75, 3.05) is 13.2 Å². The number of amides is 3. The van der Waals surface area contributed by atoms with Gasteiger partial charge in [0.15, 0.2) is 0 Å². The minimum Gasteiger partial charge on any atom is -0.494 e. The van der Waals surface area contributed by atoms with E-state index in [1.807, 2.05) is 38.1 Å². The number of nitrogens with two attached hydrogens (primary N) is 1. The highest BCUT2D eigenvalue weighted by Crippen LogP contribution is 2.17. The van der Waals surface area contributed by atoms with Crippen LogP contribution in [0.3, 0.4) is 0 Å². The van der Waals surface area contributed by atoms with Gasteiger partial charge in [0.05, 0.1) is 12.6 Å². The number of urea groups is 1. The van der Waals surface area contributed by atoms with E-state index in [1.54, 1.807) is 0 Å². The Morgan fingerprint density at radius 3 is 2.50 bits per heavy atom. The molecule has 0 saturated heterocycles. The molecular formula is C16H25N3O3. The van der Waals surface area contributed by atoms with E-state index in [0.29, 0.717) is 26.0 Å². The van der Waals surface area contributed by atoms with Crippen molar-refractivity contribution < 1.29 is 14.3 Å². The van der Waals surface area contributed by atoms with Crippen LogP contribution in [-0.4, -0.2) is 25.1 Å². The Labute approximate surface area is 131 Å². The van der Waals surface area contributed by atoms with Gasteiger partial charge >= 0.3 is 6.03 Å². The van der Waals surface area contributed by atoms with Crippen molar-refractivity contribution >= 4 is 11.9 Å². The van der Waals surface area contributed by atoms with Crippen molar-refractivity contribution in [1.29, 1.82) is 0 Å². The van der Waals surface area contributed by atoms with Crippen LogP contribution in [0.1, 0.15) is 44.7 Å². The number of rotatable bonds is 9. The molecule has 0 bridgehead atoms. The second-order valence-electron chi connectivity index (χ2n) is 5.04. The predicted octanol–water partition coefficient (Wildman–Crippen LogP) is 2.10. The van der Waals surface area contributed by atoms with Crippen LogP contribution >= 0.6 is 0 Å². The van der Waals surface area contributed by atoms with E-state index in [9.17, 15) is 9.59 Å². The average molecular weight is 307 g/mol. The topological polar surface area (TPSA) is 93.4 Å². The fraction of sp³-hybridized carbons (Fsp3) is 0.500. The summed E-state index contributed by atoms with van der Waals surface area (Å²) in [6.45, 7) is 5.02. The van der Waals surface area contributed by atoms with Gasteiger partial charge in [-0.3, -0.25) is 4.79 Å². The third-order valence-corrected chi connectivity index (χ3v) is 3.20. The van der Waals surface area contributed by atoms with Crippen molar-refractivity contribution in [1.82, 2.24) is 10.6 Å². The van der Waals surface area contributed by atoms with Crippen LogP contribution in [0.25, 0.3) is 0 Å². The lowest BCUT2D eigenvalue weighted by Crippen LogP contribution is -2.30. The molecule has 0 aliphatic heterocycles. The van der Waals surface area contributed by atoms with Gasteiger partial charge in [-0.2, -0.15) is 0 Å². The number of ether oxygens (including phenoxy) is 1. The first-order valence-electron chi connectivity index (χ1n) is 7.58. The molecule has 0 aliphatic carbocycles. The second kappa shape index (κ2) is 9.65. The Hall–Kier alpha value is -2.24. The maximum Gasteiger partial charge on any atom is 0.312 e. The Bertz CT molecular complexity index is 474. The number of hydrogen-bond donors (Lipinski definition) is 3. The zero-order chi connectivity index (χ0) is 16.4. The third kappa shape index (κ3) is 6.97. The van der Waals surface area contributed by atoms with Gasteiger partial charge in [0, 0.05) is 13.0 Å². The predicted molar refractivity (Wildman–Crippen MR) is 85.6 cm³/mol. The van der Waals surface area contributed by atoms with Gasteiger partial charge in [-0.05, 0) is 44.4 Å². The van der Waals surface area contributed by atoms with Gasteiger partial charge in [0.25, 0.3) is 0 Å². The minimum absolute atomic E-state index is 0.000426. The first-order chi connectivity index (χ1) is 10.5. The molecule has 3 amide bonds. The summed E-state index contributed by atoms with van der Waals surface area (Å²) in [6, 6.07) is 7.12. The van der Waals surface area contributed by atoms with Crippen LogP contribution in [0.5, 0.6) is 5.75 Å². The highest BCUT2D eigenvalue weighted by Gasteiger charge is 2.09. The Balaban J connectivity index is 2.29. The van der Waals surface area contributed by atoms with Crippen LogP contribution in [0.15, 0.2) is 24.3 Å². The molecule has 4 N–H and O–H groups in total. The molecule has 0 aliphatic rings. The van der Waals surface area contributed by atoms with E-state index < -0.39 is 6.03 Å². The van der Waals surface area contributed by atoms with Gasteiger partial charge in [0.2, 0.25) is 5.91 Å². The molecule has 1 atom stereocenters. The lowest BCUT2D eigenvalue weighted by atomic mass is 10.1. The molecule has 0 radical (unpaired) electrons. The zero-order valence-corrected chi connectivity index (χ0v) is 13.2. The van der Waals surface area contributed by atoms with Crippen molar-refractivity contribution in [3.63, 3.8) is 0 Å². The molecule has 6 heteroatoms. The quantitative estimate of drug-likeness (QED) is 0.610. The van der Waals surface area contributed by atoms with E-state index in [4.69, 9.17) is 10.5 Å². The van der Waals surface area contributed by atoms with E-state index in [2.05, 4.69) is 10.6 Å². The molecule has 0 aromatic heterocycles. The number of primary amides is 1. The normalized spacial score (nSPS) is 11.5. The smallest absolute Gasteiger partial charge is 0.312 e. The van der Waals surface area contributed by atoms with E-state index in [-0.39, 0.29) is 11.9 Å². The zero-order valence-electron chi connectivity index (χ0n) is 13.2. The van der Waals surface area contributed by atoms with E-state index >= 15 is 0 Å². The van der Waals surface area contributed by atoms with Crippen molar-refractivity contribution in [2.24, 2.45) is 5.73 Å². The Morgan fingerprint density at radius 2 is 1.91 bits per heavy atom. The lowest BCUT2D eigenvalue weighted by molar-refractivity contribution is -0.121. The lowest BCUT2D eigenvalue weighted by Gasteiger charge is -2.15. The summed E-state index contributed by atoms with van der Waals surface area (Å²) >= 11 is 0. The van der Waals surface area contributed by atoms with Gasteiger partial charge < -0.3 is 21.1 Å². The highest BCUT2D eigenvalue weighted by molar-refractivity contribution is 5.76. The summed E-state index contributed by atoms with van der Waals surface area (Å²) in [5.41, 5.74) is 5.99. The van der Waals surface area contributed by atoms with E-state index in [1.165, 1.54) is 0 Å². The fourth-order valence-corrected chi connectivity index (χ4v) is 2.04. The van der Waals surface area contributed by atoms with Crippen LogP contribution in [-0.2, 0) is 4.79 Å². The Morgan fingerprint density at radius 1 is 1.23 bits per heavy atom. The molecule has 0 fully saturated rings. The van der Waals surface area contributed by atoms with Gasteiger partial charge in [-0.15, -0.1) is 0 Å². The standard InChI is InChI=1S/C16H25N3O3/c1-3-22-14-9-7-13(8-10-14)12(2)19-15(20)6-4-5-11-18-16(17)21/h7-10,12H,3-6,11H2,1-2H3,(H,19,20)(H3,17,18,21). The fourth-order valence-electron chi connectivity index (χ4n) is 2.04. The maximum absolute atomic E-state index is 11.8. The van der Waals surface area contributed by atoms with Crippen LogP contribution < -0.4 is 21.1 Å². The number of carbonyl (C=O) groups is 2. The number of carbonyl (C=O) groups excluding carboxylic acids is 2. The SMILES string of the molecule is CCOc1ccc(C(C)NC(=O)CCCCNC(N)=O)cc1. The largest absolute Gasteiger partial charge is 0.494 e. The molecule has 1 aromatic rings. The molecule has 22 heavy (non-hydrogen) atoms. The minimum atomic E-state index is -0.534. The number of benzene rings is 1. The summed E-state index contributed by atoms with van der Waals surface area (Å²) in [4.78, 5) is 22.3. The molecule has 0 heterocycles. The maximum atomic E-state index is 11.8. The van der Waals surface area contributed by atoms with Crippen LogP contribution in [0.4, 0.5) is 4.79 Å². The van der Waals surface area contributed by atoms with E-state index in [0.717, 1.165) is 17.7 Å². The van der Waals surface area contributed by atoms with Gasteiger partial charge in [-0.25, -0.2) is 4.79 Å². The van der Waals surface area contributed by atoms with Crippen molar-refractivity contribution in [2.45, 2.75) is 39.2 Å². The first-order valence-corrected chi connectivity index (χ1v) is 7.58. The highest BCUT2D eigenvalue weighted by atomic mass is 16.5. The summed E-state index contributed by atoms with van der Waals surface area (Å²) in [6.07, 6.45) is 1.87. The molecule has 1 rings (SSSR count). The molecule has 1 aromatic carbocycles. The number of nitrogens with one attached hydrogen (secondary N) is 2. The Kier molecular flexibility index (Phi) is 7.81. The third-order valence-electron chi connectivity index (χ3n) is 3.20. The van der Waals surface area contributed by atoms with Crippen LogP contribution in [0, 0.1) is 0 Å². The van der Waals surface area contributed by atoms with Gasteiger partial charge in [0.1, 0.15) is 5.75 Å². The molecular weight excluding hydrogens is 282 g/mol. The van der Waals surface area contributed by atoms with Gasteiger partial charge in [-0.1, -0.05) is 12.1 Å². The molecule has 122 valence electrons. The molecule has 1 unspecified atom stereocenters. The van der Waals surface area contributed by atoms with Crippen molar-refractivity contribution in [3.05, 3.63) is 29.8 Å². The second-order valence-corrected chi connectivity index (χ2v) is 5.04.